The van der Waals surface area contributed by atoms with Gasteiger partial charge in [-0.05, 0) is 31.0 Å². The zero-order chi connectivity index (χ0) is 15.5. The van der Waals surface area contributed by atoms with Crippen molar-refractivity contribution in [2.24, 2.45) is 5.14 Å². The standard InChI is InChI=1S/C14H19N3O2S2/c1-3-14(16-8-12-9-20-10(2)17-12)11-5-4-6-13(7-11)21(15,18)19/h4-7,9,14,16H,3,8H2,1-2H3,(H2,15,18,19)/t14-/m0/s1. The summed E-state index contributed by atoms with van der Waals surface area (Å²) in [4.78, 5) is 4.55. The highest BCUT2D eigenvalue weighted by Gasteiger charge is 2.13. The molecule has 0 bridgehead atoms. The molecule has 0 unspecified atom stereocenters. The van der Waals surface area contributed by atoms with Crippen LogP contribution in [-0.4, -0.2) is 13.4 Å². The Morgan fingerprint density at radius 1 is 1.43 bits per heavy atom. The Labute approximate surface area is 129 Å². The monoisotopic (exact) mass is 325 g/mol. The van der Waals surface area contributed by atoms with Crippen LogP contribution in [0.25, 0.3) is 0 Å². The van der Waals surface area contributed by atoms with Gasteiger partial charge in [0.1, 0.15) is 0 Å². The van der Waals surface area contributed by atoms with Crippen molar-refractivity contribution in [2.45, 2.75) is 37.8 Å². The first-order chi connectivity index (χ1) is 9.90. The largest absolute Gasteiger partial charge is 0.304 e. The van der Waals surface area contributed by atoms with Gasteiger partial charge in [0.25, 0.3) is 0 Å². The maximum atomic E-state index is 11.4. The molecule has 21 heavy (non-hydrogen) atoms. The zero-order valence-corrected chi connectivity index (χ0v) is 13.7. The van der Waals surface area contributed by atoms with E-state index in [2.05, 4.69) is 10.3 Å². The molecule has 0 saturated heterocycles. The lowest BCUT2D eigenvalue weighted by Crippen LogP contribution is -2.21. The summed E-state index contributed by atoms with van der Waals surface area (Å²) in [6, 6.07) is 6.82. The van der Waals surface area contributed by atoms with Gasteiger partial charge in [0, 0.05) is 18.0 Å². The Morgan fingerprint density at radius 2 is 2.19 bits per heavy atom. The van der Waals surface area contributed by atoms with Crippen LogP contribution in [0.4, 0.5) is 0 Å². The van der Waals surface area contributed by atoms with Crippen LogP contribution in [0.5, 0.6) is 0 Å². The number of nitrogens with zero attached hydrogens (tertiary/aromatic N) is 1. The lowest BCUT2D eigenvalue weighted by molar-refractivity contribution is 0.514. The van der Waals surface area contributed by atoms with E-state index < -0.39 is 10.0 Å². The summed E-state index contributed by atoms with van der Waals surface area (Å²) < 4.78 is 22.9. The first-order valence-corrected chi connectivity index (χ1v) is 9.10. The molecular formula is C14H19N3O2S2. The van der Waals surface area contributed by atoms with E-state index in [0.717, 1.165) is 22.7 Å². The van der Waals surface area contributed by atoms with Gasteiger partial charge in [0.2, 0.25) is 10.0 Å². The van der Waals surface area contributed by atoms with Gasteiger partial charge in [-0.25, -0.2) is 18.5 Å². The van der Waals surface area contributed by atoms with Crippen molar-refractivity contribution in [3.8, 4) is 0 Å². The molecule has 3 N–H and O–H groups in total. The number of nitrogens with two attached hydrogens (primary N) is 1. The highest BCUT2D eigenvalue weighted by Crippen LogP contribution is 2.20. The Morgan fingerprint density at radius 3 is 2.76 bits per heavy atom. The minimum Gasteiger partial charge on any atom is -0.304 e. The fraction of sp³-hybridized carbons (Fsp3) is 0.357. The lowest BCUT2D eigenvalue weighted by Gasteiger charge is -2.17. The first kappa shape index (κ1) is 16.1. The minimum atomic E-state index is -3.67. The van der Waals surface area contributed by atoms with E-state index in [-0.39, 0.29) is 10.9 Å². The average Bonchev–Trinajstić information content (AvgIpc) is 2.85. The van der Waals surface area contributed by atoms with Gasteiger partial charge in [-0.2, -0.15) is 0 Å². The third kappa shape index (κ3) is 4.34. The first-order valence-electron chi connectivity index (χ1n) is 6.67. The normalized spacial score (nSPS) is 13.3. The van der Waals surface area contributed by atoms with Gasteiger partial charge in [0.05, 0.1) is 15.6 Å². The number of sulfonamides is 1. The number of aryl methyl sites for hydroxylation is 1. The smallest absolute Gasteiger partial charge is 0.238 e. The summed E-state index contributed by atoms with van der Waals surface area (Å²) in [7, 11) is -3.67. The minimum absolute atomic E-state index is 0.0636. The SMILES string of the molecule is CC[C@H](NCc1csc(C)n1)c1cccc(S(N)(=O)=O)c1. The van der Waals surface area contributed by atoms with Gasteiger partial charge in [-0.1, -0.05) is 19.1 Å². The Hall–Kier alpha value is -1.28. The summed E-state index contributed by atoms with van der Waals surface area (Å²) in [6.45, 7) is 4.68. The van der Waals surface area contributed by atoms with Crippen molar-refractivity contribution in [2.75, 3.05) is 0 Å². The third-order valence-electron chi connectivity index (χ3n) is 3.19. The van der Waals surface area contributed by atoms with Crippen LogP contribution in [0.1, 0.15) is 35.7 Å². The Kier molecular flexibility index (Phi) is 5.10. The summed E-state index contributed by atoms with van der Waals surface area (Å²) in [5, 5.41) is 11.6. The molecule has 0 radical (unpaired) electrons. The predicted molar refractivity (Wildman–Crippen MR) is 84.5 cm³/mol. The molecule has 2 aromatic rings. The van der Waals surface area contributed by atoms with Gasteiger partial charge < -0.3 is 5.32 Å². The number of aromatic nitrogens is 1. The molecule has 2 rings (SSSR count). The molecule has 1 aromatic heterocycles. The van der Waals surface area contributed by atoms with E-state index in [0.29, 0.717) is 6.54 Å². The lowest BCUT2D eigenvalue weighted by atomic mass is 10.0. The van der Waals surface area contributed by atoms with Crippen LogP contribution in [0.3, 0.4) is 0 Å². The second-order valence-corrected chi connectivity index (χ2v) is 7.44. The quantitative estimate of drug-likeness (QED) is 0.853. The van der Waals surface area contributed by atoms with Crippen molar-refractivity contribution >= 4 is 21.4 Å². The van der Waals surface area contributed by atoms with Crippen molar-refractivity contribution in [3.63, 3.8) is 0 Å². The van der Waals surface area contributed by atoms with E-state index in [1.165, 1.54) is 6.07 Å². The fourth-order valence-electron chi connectivity index (χ4n) is 2.12. The van der Waals surface area contributed by atoms with Crippen LogP contribution in [0.2, 0.25) is 0 Å². The predicted octanol–water partition coefficient (Wildman–Crippen LogP) is 2.34. The van der Waals surface area contributed by atoms with E-state index in [1.54, 1.807) is 23.5 Å². The van der Waals surface area contributed by atoms with E-state index in [4.69, 9.17) is 5.14 Å². The van der Waals surface area contributed by atoms with Crippen molar-refractivity contribution in [3.05, 3.63) is 45.9 Å². The number of hydrogen-bond donors (Lipinski definition) is 2. The molecule has 114 valence electrons. The van der Waals surface area contributed by atoms with E-state index in [9.17, 15) is 8.42 Å². The van der Waals surface area contributed by atoms with Gasteiger partial charge in [-0.15, -0.1) is 11.3 Å². The molecule has 7 heteroatoms. The number of nitrogens with one attached hydrogen (secondary N) is 1. The summed E-state index contributed by atoms with van der Waals surface area (Å²) in [6.07, 6.45) is 0.844. The van der Waals surface area contributed by atoms with Crippen molar-refractivity contribution < 1.29 is 8.42 Å². The van der Waals surface area contributed by atoms with Crippen LogP contribution < -0.4 is 10.5 Å². The van der Waals surface area contributed by atoms with Crippen LogP contribution in [0, 0.1) is 6.92 Å². The van der Waals surface area contributed by atoms with Crippen LogP contribution in [0.15, 0.2) is 34.5 Å². The molecule has 0 aliphatic heterocycles. The third-order valence-corrected chi connectivity index (χ3v) is 4.93. The number of rotatable bonds is 6. The van der Waals surface area contributed by atoms with Crippen molar-refractivity contribution in [1.82, 2.24) is 10.3 Å². The number of thiazole rings is 1. The van der Waals surface area contributed by atoms with Gasteiger partial charge >= 0.3 is 0 Å². The number of hydrogen-bond acceptors (Lipinski definition) is 5. The van der Waals surface area contributed by atoms with E-state index in [1.807, 2.05) is 25.3 Å². The second-order valence-electron chi connectivity index (χ2n) is 4.82. The molecule has 1 aromatic carbocycles. The fourth-order valence-corrected chi connectivity index (χ4v) is 3.30. The molecule has 1 heterocycles. The second kappa shape index (κ2) is 6.65. The van der Waals surface area contributed by atoms with Crippen LogP contribution in [-0.2, 0) is 16.6 Å². The van der Waals surface area contributed by atoms with Gasteiger partial charge in [0.15, 0.2) is 0 Å². The summed E-state index contributed by atoms with van der Waals surface area (Å²) in [5.74, 6) is 0. The molecule has 0 fully saturated rings. The van der Waals surface area contributed by atoms with Crippen LogP contribution >= 0.6 is 11.3 Å². The summed E-state index contributed by atoms with van der Waals surface area (Å²) in [5.41, 5.74) is 1.91. The molecule has 0 aliphatic carbocycles. The Bertz CT molecular complexity index is 711. The molecule has 0 amide bonds. The number of benzene rings is 1. The molecule has 0 saturated carbocycles. The van der Waals surface area contributed by atoms with E-state index >= 15 is 0 Å². The van der Waals surface area contributed by atoms with Crippen molar-refractivity contribution in [1.29, 1.82) is 0 Å². The molecular weight excluding hydrogens is 306 g/mol. The highest BCUT2D eigenvalue weighted by atomic mass is 32.2. The van der Waals surface area contributed by atoms with Gasteiger partial charge in [-0.3, -0.25) is 0 Å². The zero-order valence-electron chi connectivity index (χ0n) is 12.0. The molecule has 0 spiro atoms. The molecule has 5 nitrogen and oxygen atoms in total. The topological polar surface area (TPSA) is 85.1 Å². The number of primary sulfonamides is 1. The average molecular weight is 325 g/mol. The molecule has 0 aliphatic rings. The Balaban J connectivity index is 2.14. The maximum absolute atomic E-state index is 11.4. The maximum Gasteiger partial charge on any atom is 0.238 e. The molecule has 1 atom stereocenters. The highest BCUT2D eigenvalue weighted by molar-refractivity contribution is 7.89. The summed E-state index contributed by atoms with van der Waals surface area (Å²) >= 11 is 1.62.